The van der Waals surface area contributed by atoms with Crippen molar-refractivity contribution in [3.8, 4) is 0 Å². The predicted molar refractivity (Wildman–Crippen MR) is 62.5 cm³/mol. The Morgan fingerprint density at radius 1 is 1.75 bits per heavy atom. The molecule has 7 heteroatoms. The third-order valence-corrected chi connectivity index (χ3v) is 2.99. The van der Waals surface area contributed by atoms with E-state index in [1.807, 2.05) is 11.5 Å². The van der Waals surface area contributed by atoms with Gasteiger partial charge in [-0.05, 0) is 6.42 Å². The van der Waals surface area contributed by atoms with Crippen LogP contribution >= 0.6 is 24.0 Å². The van der Waals surface area contributed by atoms with E-state index >= 15 is 0 Å². The first kappa shape index (κ1) is 13.3. The van der Waals surface area contributed by atoms with E-state index in [1.165, 1.54) is 0 Å². The first-order valence-corrected chi connectivity index (χ1v) is 5.23. The Hall–Kier alpha value is -0.780. The van der Waals surface area contributed by atoms with Gasteiger partial charge in [-0.15, -0.1) is 12.4 Å². The Labute approximate surface area is 104 Å². The second-order valence-corrected chi connectivity index (χ2v) is 3.89. The van der Waals surface area contributed by atoms with E-state index in [0.29, 0.717) is 12.4 Å². The molecule has 0 amide bonds. The van der Waals surface area contributed by atoms with Gasteiger partial charge >= 0.3 is 5.97 Å². The van der Waals surface area contributed by atoms with Crippen LogP contribution in [0.4, 0.5) is 0 Å². The summed E-state index contributed by atoms with van der Waals surface area (Å²) in [6, 6.07) is 0.196. The number of fused-ring (bicyclic) bond motifs is 1. The second kappa shape index (κ2) is 5.03. The number of rotatable bonds is 2. The van der Waals surface area contributed by atoms with Gasteiger partial charge in [-0.2, -0.15) is 0 Å². The predicted octanol–water partition coefficient (Wildman–Crippen LogP) is 1.71. The summed E-state index contributed by atoms with van der Waals surface area (Å²) < 4.78 is 1.82. The number of carboxylic acids is 1. The molecular formula is C9H13Cl2N3O2. The fraction of sp³-hybridized carbons (Fsp3) is 0.556. The first-order chi connectivity index (χ1) is 7.15. The molecular weight excluding hydrogens is 253 g/mol. The van der Waals surface area contributed by atoms with Gasteiger partial charge in [-0.1, -0.05) is 18.5 Å². The van der Waals surface area contributed by atoms with Crippen LogP contribution in [-0.2, 0) is 6.54 Å². The maximum absolute atomic E-state index is 10.9. The molecule has 0 saturated heterocycles. The Bertz CT molecular complexity index is 406. The molecule has 16 heavy (non-hydrogen) atoms. The normalized spacial score (nSPS) is 18.8. The van der Waals surface area contributed by atoms with Gasteiger partial charge in [0.25, 0.3) is 0 Å². The van der Waals surface area contributed by atoms with Crippen molar-refractivity contribution in [2.45, 2.75) is 25.9 Å². The lowest BCUT2D eigenvalue weighted by atomic mass is 10.2. The van der Waals surface area contributed by atoms with Crippen molar-refractivity contribution in [3.63, 3.8) is 0 Å². The molecule has 90 valence electrons. The molecule has 0 aliphatic carbocycles. The van der Waals surface area contributed by atoms with Gasteiger partial charge in [-0.3, -0.25) is 0 Å². The number of aromatic carboxylic acids is 1. The number of imidazole rings is 1. The lowest BCUT2D eigenvalue weighted by Crippen LogP contribution is -2.32. The number of aromatic nitrogens is 2. The Morgan fingerprint density at radius 3 is 3.00 bits per heavy atom. The number of carboxylic acid groups (broad SMARTS) is 1. The largest absolute Gasteiger partial charge is 0.476 e. The van der Waals surface area contributed by atoms with E-state index in [-0.39, 0.29) is 29.3 Å². The van der Waals surface area contributed by atoms with Crippen LogP contribution in [0, 0.1) is 0 Å². The third-order valence-electron chi connectivity index (χ3n) is 2.63. The zero-order valence-corrected chi connectivity index (χ0v) is 10.3. The molecule has 2 heterocycles. The van der Waals surface area contributed by atoms with Gasteiger partial charge in [0.2, 0.25) is 0 Å². The van der Waals surface area contributed by atoms with Gasteiger partial charge in [0.05, 0.1) is 6.54 Å². The maximum atomic E-state index is 10.9. The van der Waals surface area contributed by atoms with E-state index in [1.54, 1.807) is 0 Å². The molecule has 0 radical (unpaired) electrons. The van der Waals surface area contributed by atoms with Crippen LogP contribution in [0.3, 0.4) is 0 Å². The molecule has 0 bridgehead atoms. The number of carbonyl (C=O) groups is 1. The molecule has 2 rings (SSSR count). The average molecular weight is 266 g/mol. The fourth-order valence-corrected chi connectivity index (χ4v) is 2.22. The van der Waals surface area contributed by atoms with Crippen molar-refractivity contribution < 1.29 is 9.90 Å². The third kappa shape index (κ3) is 2.03. The summed E-state index contributed by atoms with van der Waals surface area (Å²) in [6.07, 6.45) is 0.898. The van der Waals surface area contributed by atoms with Crippen LogP contribution in [0.15, 0.2) is 0 Å². The van der Waals surface area contributed by atoms with E-state index in [0.717, 1.165) is 13.0 Å². The standard InChI is InChI=1S/C9H12ClN3O2.ClH/c1-2-5-3-11-4-6-12-7(9(14)15)8(10)13(5)6;/h5,11H,2-4H2,1H3,(H,14,15);1H. The van der Waals surface area contributed by atoms with Crippen molar-refractivity contribution >= 4 is 30.0 Å². The van der Waals surface area contributed by atoms with Crippen molar-refractivity contribution in [2.24, 2.45) is 0 Å². The van der Waals surface area contributed by atoms with Crippen LogP contribution in [-0.4, -0.2) is 27.2 Å². The summed E-state index contributed by atoms with van der Waals surface area (Å²) in [4.78, 5) is 14.9. The van der Waals surface area contributed by atoms with Crippen LogP contribution < -0.4 is 5.32 Å². The summed E-state index contributed by atoms with van der Waals surface area (Å²) in [5.41, 5.74) is -0.0474. The highest BCUT2D eigenvalue weighted by Gasteiger charge is 2.27. The van der Waals surface area contributed by atoms with E-state index in [2.05, 4.69) is 10.3 Å². The lowest BCUT2D eigenvalue weighted by molar-refractivity contribution is 0.0691. The van der Waals surface area contributed by atoms with Crippen molar-refractivity contribution in [2.75, 3.05) is 6.54 Å². The first-order valence-electron chi connectivity index (χ1n) is 4.85. The molecule has 2 N–H and O–H groups in total. The molecule has 0 saturated carbocycles. The monoisotopic (exact) mass is 265 g/mol. The fourth-order valence-electron chi connectivity index (χ4n) is 1.86. The number of halogens is 2. The number of hydrogen-bond donors (Lipinski definition) is 2. The zero-order chi connectivity index (χ0) is 11.0. The Kier molecular flexibility index (Phi) is 4.18. The zero-order valence-electron chi connectivity index (χ0n) is 8.73. The van der Waals surface area contributed by atoms with Gasteiger partial charge in [0, 0.05) is 12.6 Å². The van der Waals surface area contributed by atoms with Gasteiger partial charge < -0.3 is 15.0 Å². The Balaban J connectivity index is 0.00000128. The minimum atomic E-state index is -1.07. The number of nitrogens with zero attached hydrogens (tertiary/aromatic N) is 2. The Morgan fingerprint density at radius 2 is 2.44 bits per heavy atom. The molecule has 5 nitrogen and oxygen atoms in total. The summed E-state index contributed by atoms with van der Waals surface area (Å²) in [7, 11) is 0. The molecule has 1 unspecified atom stereocenters. The summed E-state index contributed by atoms with van der Waals surface area (Å²) >= 11 is 6.00. The lowest BCUT2D eigenvalue weighted by Gasteiger charge is -2.25. The van der Waals surface area contributed by atoms with Gasteiger partial charge in [0.15, 0.2) is 5.69 Å². The van der Waals surface area contributed by atoms with E-state index in [4.69, 9.17) is 16.7 Å². The van der Waals surface area contributed by atoms with Crippen LogP contribution in [0.1, 0.15) is 35.7 Å². The topological polar surface area (TPSA) is 67.2 Å². The van der Waals surface area contributed by atoms with Crippen LogP contribution in [0.2, 0.25) is 5.15 Å². The maximum Gasteiger partial charge on any atom is 0.357 e. The van der Waals surface area contributed by atoms with Crippen molar-refractivity contribution in [1.82, 2.24) is 14.9 Å². The van der Waals surface area contributed by atoms with Gasteiger partial charge in [-0.25, -0.2) is 9.78 Å². The quantitative estimate of drug-likeness (QED) is 0.855. The molecule has 0 fully saturated rings. The van der Waals surface area contributed by atoms with E-state index in [9.17, 15) is 4.79 Å². The SMILES string of the molecule is CCC1CNCc2nc(C(=O)O)c(Cl)n21.Cl. The van der Waals surface area contributed by atoms with Gasteiger partial charge in [0.1, 0.15) is 11.0 Å². The summed E-state index contributed by atoms with van der Waals surface area (Å²) in [6.45, 7) is 3.42. The molecule has 1 aromatic heterocycles. The van der Waals surface area contributed by atoms with Crippen molar-refractivity contribution in [3.05, 3.63) is 16.7 Å². The average Bonchev–Trinajstić information content (AvgIpc) is 2.56. The smallest absolute Gasteiger partial charge is 0.357 e. The number of hydrogen-bond acceptors (Lipinski definition) is 3. The summed E-state index contributed by atoms with van der Waals surface area (Å²) in [5.74, 6) is -0.368. The molecule has 1 aliphatic heterocycles. The van der Waals surface area contributed by atoms with Crippen LogP contribution in [0.25, 0.3) is 0 Å². The minimum Gasteiger partial charge on any atom is -0.476 e. The van der Waals surface area contributed by atoms with Crippen LogP contribution in [0.5, 0.6) is 0 Å². The van der Waals surface area contributed by atoms with Crippen molar-refractivity contribution in [1.29, 1.82) is 0 Å². The highest BCUT2D eigenvalue weighted by Crippen LogP contribution is 2.27. The molecule has 0 aromatic carbocycles. The van der Waals surface area contributed by atoms with E-state index < -0.39 is 5.97 Å². The number of nitrogens with one attached hydrogen (secondary N) is 1. The minimum absolute atomic E-state index is 0. The molecule has 1 aliphatic rings. The molecule has 1 atom stereocenters. The molecule has 1 aromatic rings. The highest BCUT2D eigenvalue weighted by atomic mass is 35.5. The highest BCUT2D eigenvalue weighted by molar-refractivity contribution is 6.32. The summed E-state index contributed by atoms with van der Waals surface area (Å²) in [5, 5.41) is 12.3. The second-order valence-electron chi connectivity index (χ2n) is 3.54. The molecule has 0 spiro atoms.